The number of rotatable bonds is 3. The average Bonchev–Trinajstić information content (AvgIpc) is 3.16. The molecule has 2 unspecified atom stereocenters. The lowest BCUT2D eigenvalue weighted by molar-refractivity contribution is -0.127. The quantitative estimate of drug-likeness (QED) is 0.465. The molecule has 1 aromatic carbocycles. The second-order valence-corrected chi connectivity index (χ2v) is 10.1. The maximum absolute atomic E-state index is 13.0. The lowest BCUT2D eigenvalue weighted by Gasteiger charge is -2.20. The summed E-state index contributed by atoms with van der Waals surface area (Å²) in [6.07, 6.45) is 2.65. The van der Waals surface area contributed by atoms with Gasteiger partial charge in [0, 0.05) is 22.9 Å². The predicted octanol–water partition coefficient (Wildman–Crippen LogP) is 1.63. The van der Waals surface area contributed by atoms with Gasteiger partial charge in [-0.1, -0.05) is 25.2 Å². The summed E-state index contributed by atoms with van der Waals surface area (Å²) in [5.41, 5.74) is 0.272. The normalized spacial score (nSPS) is 26.5. The molecule has 4 atom stereocenters. The highest BCUT2D eigenvalue weighted by Gasteiger charge is 2.26. The van der Waals surface area contributed by atoms with Crippen LogP contribution in [0.4, 0.5) is 0 Å². The van der Waals surface area contributed by atoms with Crippen LogP contribution in [0.25, 0.3) is 17.0 Å². The number of carbonyl (C=O) groups excluding carboxylic acids is 2. The van der Waals surface area contributed by atoms with E-state index < -0.39 is 51.8 Å². The Morgan fingerprint density at radius 3 is 2.53 bits per heavy atom. The van der Waals surface area contributed by atoms with Gasteiger partial charge < -0.3 is 24.5 Å². The highest BCUT2D eigenvalue weighted by molar-refractivity contribution is 7.88. The van der Waals surface area contributed by atoms with E-state index >= 15 is 0 Å². The van der Waals surface area contributed by atoms with Gasteiger partial charge in [0.1, 0.15) is 34.9 Å². The van der Waals surface area contributed by atoms with Gasteiger partial charge in [0.2, 0.25) is 10.0 Å². The van der Waals surface area contributed by atoms with E-state index in [1.165, 1.54) is 30.4 Å². The van der Waals surface area contributed by atoms with Crippen molar-refractivity contribution in [1.82, 2.24) is 4.72 Å². The number of furan rings is 1. The van der Waals surface area contributed by atoms with Crippen LogP contribution in [0.5, 0.6) is 5.75 Å². The van der Waals surface area contributed by atoms with E-state index in [1.54, 1.807) is 13.8 Å². The van der Waals surface area contributed by atoms with Gasteiger partial charge in [0.25, 0.3) is 0 Å². The summed E-state index contributed by atoms with van der Waals surface area (Å²) in [7, 11) is -3.49. The number of benzene rings is 1. The lowest BCUT2D eigenvalue weighted by Crippen LogP contribution is -2.32. The number of sulfonamides is 1. The minimum absolute atomic E-state index is 0.126. The first kappa shape index (κ1) is 25.6. The summed E-state index contributed by atoms with van der Waals surface area (Å²) in [4.78, 5) is 25.2. The van der Waals surface area contributed by atoms with Gasteiger partial charge >= 0.3 is 5.97 Å². The Hall–Kier alpha value is -2.99. The highest BCUT2D eigenvalue weighted by atomic mass is 32.2. The Bertz CT molecular complexity index is 1260. The maximum atomic E-state index is 13.0. The number of esters is 1. The Morgan fingerprint density at radius 2 is 1.85 bits per heavy atom. The molecule has 0 saturated carbocycles. The number of fused-ring (bicyclic) bond motifs is 3. The Kier molecular flexibility index (Phi) is 7.61. The number of carbonyl (C=O) groups is 2. The monoisotopic (exact) mass is 493 g/mol. The van der Waals surface area contributed by atoms with E-state index in [4.69, 9.17) is 9.15 Å². The predicted molar refractivity (Wildman–Crippen MR) is 123 cm³/mol. The van der Waals surface area contributed by atoms with E-state index in [1.807, 2.05) is 0 Å². The largest absolute Gasteiger partial charge is 0.507 e. The first-order valence-corrected chi connectivity index (χ1v) is 12.4. The van der Waals surface area contributed by atoms with Gasteiger partial charge in [-0.15, -0.1) is 0 Å². The van der Waals surface area contributed by atoms with Gasteiger partial charge in [0.05, 0.1) is 18.9 Å². The molecule has 184 valence electrons. The third-order valence-corrected chi connectivity index (χ3v) is 6.19. The number of phenols is 1. The molecular formula is C23H27NO9S. The van der Waals surface area contributed by atoms with E-state index in [0.717, 1.165) is 12.3 Å². The molecule has 3 rings (SSSR count). The SMILES string of the molecule is CC1/C=C\C(=O)C(O)[C@@H](O)C/C=C/c2c(c(O)cc3oc(CNS(C)(=O)=O)cc23)C(=O)O[C@H]1C. The van der Waals surface area contributed by atoms with Crippen molar-refractivity contribution in [3.8, 4) is 5.75 Å². The summed E-state index contributed by atoms with van der Waals surface area (Å²) >= 11 is 0. The molecule has 11 heteroatoms. The zero-order valence-electron chi connectivity index (χ0n) is 18.9. The minimum Gasteiger partial charge on any atom is -0.507 e. The van der Waals surface area contributed by atoms with Crippen molar-refractivity contribution in [1.29, 1.82) is 0 Å². The molecule has 0 spiro atoms. The molecule has 1 aromatic heterocycles. The van der Waals surface area contributed by atoms with Crippen molar-refractivity contribution in [2.75, 3.05) is 6.26 Å². The number of aliphatic hydroxyl groups is 2. The number of nitrogens with one attached hydrogen (secondary N) is 1. The van der Waals surface area contributed by atoms with Crippen molar-refractivity contribution in [2.45, 2.75) is 45.1 Å². The molecule has 2 aromatic rings. The van der Waals surface area contributed by atoms with Gasteiger partial charge in [-0.2, -0.15) is 0 Å². The molecule has 1 aliphatic rings. The van der Waals surface area contributed by atoms with Crippen LogP contribution in [0.1, 0.15) is 41.9 Å². The molecule has 4 N–H and O–H groups in total. The van der Waals surface area contributed by atoms with Crippen molar-refractivity contribution in [3.05, 3.63) is 47.2 Å². The van der Waals surface area contributed by atoms with Crippen LogP contribution in [0.3, 0.4) is 0 Å². The summed E-state index contributed by atoms with van der Waals surface area (Å²) in [6, 6.07) is 2.76. The second kappa shape index (κ2) is 10.1. The second-order valence-electron chi connectivity index (χ2n) is 8.28. The van der Waals surface area contributed by atoms with Crippen LogP contribution >= 0.6 is 0 Å². The molecule has 0 aliphatic carbocycles. The average molecular weight is 494 g/mol. The fourth-order valence-corrected chi connectivity index (χ4v) is 3.81. The molecule has 0 amide bonds. The van der Waals surface area contributed by atoms with Crippen molar-refractivity contribution in [3.63, 3.8) is 0 Å². The number of cyclic esters (lactones) is 1. The van der Waals surface area contributed by atoms with E-state index in [2.05, 4.69) is 4.72 Å². The Morgan fingerprint density at radius 1 is 1.15 bits per heavy atom. The van der Waals surface area contributed by atoms with Crippen molar-refractivity contribution in [2.24, 2.45) is 5.92 Å². The molecule has 0 bridgehead atoms. The number of hydrogen-bond acceptors (Lipinski definition) is 9. The van der Waals surface area contributed by atoms with Gasteiger partial charge in [-0.25, -0.2) is 17.9 Å². The molecule has 0 fully saturated rings. The molecule has 0 saturated heterocycles. The third kappa shape index (κ3) is 5.92. The van der Waals surface area contributed by atoms with Crippen molar-refractivity contribution < 1.29 is 42.5 Å². The van der Waals surface area contributed by atoms with Crippen LogP contribution in [-0.4, -0.2) is 60.1 Å². The number of aromatic hydroxyl groups is 1. The third-order valence-electron chi connectivity index (χ3n) is 5.52. The number of phenolic OH excluding ortho intramolecular Hbond substituents is 1. The topological polar surface area (TPSA) is 163 Å². The van der Waals surface area contributed by atoms with Gasteiger partial charge in [0.15, 0.2) is 5.78 Å². The van der Waals surface area contributed by atoms with Gasteiger partial charge in [-0.3, -0.25) is 4.79 Å². The maximum Gasteiger partial charge on any atom is 0.342 e. The summed E-state index contributed by atoms with van der Waals surface area (Å²) in [5.74, 6) is -2.07. The zero-order chi connectivity index (χ0) is 25.2. The van der Waals surface area contributed by atoms with E-state index in [0.29, 0.717) is 5.39 Å². The lowest BCUT2D eigenvalue weighted by atomic mass is 9.98. The highest BCUT2D eigenvalue weighted by Crippen LogP contribution is 2.35. The van der Waals surface area contributed by atoms with Crippen LogP contribution in [0, 0.1) is 5.92 Å². The summed E-state index contributed by atoms with van der Waals surface area (Å²) in [5, 5.41) is 31.3. The number of aliphatic hydroxyl groups excluding tert-OH is 2. The fraction of sp³-hybridized carbons (Fsp3) is 0.391. The van der Waals surface area contributed by atoms with Crippen LogP contribution in [0.2, 0.25) is 0 Å². The molecule has 2 heterocycles. The fourth-order valence-electron chi connectivity index (χ4n) is 3.40. The Balaban J connectivity index is 2.12. The summed E-state index contributed by atoms with van der Waals surface area (Å²) < 4.78 is 36.3. The van der Waals surface area contributed by atoms with Crippen LogP contribution < -0.4 is 4.72 Å². The first-order chi connectivity index (χ1) is 15.9. The van der Waals surface area contributed by atoms with E-state index in [9.17, 15) is 33.3 Å². The zero-order valence-corrected chi connectivity index (χ0v) is 19.7. The van der Waals surface area contributed by atoms with E-state index in [-0.39, 0.29) is 35.4 Å². The van der Waals surface area contributed by atoms with Crippen molar-refractivity contribution >= 4 is 38.8 Å². The van der Waals surface area contributed by atoms with Crippen LogP contribution in [0.15, 0.2) is 34.8 Å². The first-order valence-electron chi connectivity index (χ1n) is 10.6. The smallest absolute Gasteiger partial charge is 0.342 e. The number of ketones is 1. The summed E-state index contributed by atoms with van der Waals surface area (Å²) in [6.45, 7) is 3.18. The number of ether oxygens (including phenoxy) is 1. The van der Waals surface area contributed by atoms with Crippen LogP contribution in [-0.2, 0) is 26.1 Å². The van der Waals surface area contributed by atoms with Gasteiger partial charge in [-0.05, 0) is 25.5 Å². The Labute approximate surface area is 196 Å². The molecule has 34 heavy (non-hydrogen) atoms. The molecule has 10 nitrogen and oxygen atoms in total. The molecule has 0 radical (unpaired) electrons. The minimum atomic E-state index is -3.49. The number of hydrogen-bond donors (Lipinski definition) is 4. The standard InChI is InChI=1S/C23H27NO9S/c1-12-7-8-18(26)22(28)17(25)6-4-5-15-16-9-14(11-24-34(3,30)31)33-20(16)10-19(27)21(15)23(29)32-13(12)2/h4-5,7-10,12-13,17,22,24-25,27-28H,6,11H2,1-3H3/b5-4+,8-7-/t12?,13-,17-,22?/m0/s1. The molecular weight excluding hydrogens is 466 g/mol. The molecule has 1 aliphatic heterocycles.